The molecule has 1 saturated carbocycles. The Labute approximate surface area is 121 Å². The van der Waals surface area contributed by atoms with Crippen LogP contribution in [0.25, 0.3) is 0 Å². The lowest BCUT2D eigenvalue weighted by atomic mass is 9.72. The second-order valence-electron chi connectivity index (χ2n) is 6.82. The highest BCUT2D eigenvalue weighted by molar-refractivity contribution is 5.84. The Kier molecular flexibility index (Phi) is 5.57. The molecule has 0 aromatic carbocycles. The monoisotopic (exact) mass is 284 g/mol. The van der Waals surface area contributed by atoms with E-state index in [4.69, 9.17) is 10.8 Å². The number of nitrogens with zero attached hydrogens (tertiary/aromatic N) is 1. The minimum atomic E-state index is -0.877. The van der Waals surface area contributed by atoms with E-state index in [0.29, 0.717) is 6.54 Å². The lowest BCUT2D eigenvalue weighted by molar-refractivity contribution is -0.150. The number of carbonyl (C=O) groups excluding carboxylic acids is 1. The summed E-state index contributed by atoms with van der Waals surface area (Å²) in [4.78, 5) is 25.5. The fourth-order valence-electron chi connectivity index (χ4n) is 2.97. The van der Waals surface area contributed by atoms with Crippen LogP contribution in [0.4, 0.5) is 0 Å². The summed E-state index contributed by atoms with van der Waals surface area (Å²) >= 11 is 0. The Morgan fingerprint density at radius 3 is 2.15 bits per heavy atom. The van der Waals surface area contributed by atoms with Gasteiger partial charge in [-0.05, 0) is 33.6 Å². The largest absolute Gasteiger partial charge is 0.481 e. The number of hydrogen-bond acceptors (Lipinski definition) is 3. The second-order valence-corrected chi connectivity index (χ2v) is 6.82. The zero-order chi connectivity index (χ0) is 15.4. The summed E-state index contributed by atoms with van der Waals surface area (Å²) < 4.78 is 0. The first-order chi connectivity index (χ1) is 9.23. The topological polar surface area (TPSA) is 83.6 Å². The predicted octanol–water partition coefficient (Wildman–Crippen LogP) is 2.00. The standard InChI is InChI=1S/C15H28N2O3/c1-14(2,3)17(10-7-12(18)19)13(20)15(11-16)8-5-4-6-9-15/h4-11,16H2,1-3H3,(H,18,19). The van der Waals surface area contributed by atoms with Gasteiger partial charge in [0.15, 0.2) is 0 Å². The van der Waals surface area contributed by atoms with E-state index in [-0.39, 0.29) is 24.4 Å². The van der Waals surface area contributed by atoms with E-state index in [2.05, 4.69) is 0 Å². The molecular weight excluding hydrogens is 256 g/mol. The maximum atomic E-state index is 13.0. The Hall–Kier alpha value is -1.10. The van der Waals surface area contributed by atoms with E-state index in [0.717, 1.165) is 32.1 Å². The smallest absolute Gasteiger partial charge is 0.305 e. The van der Waals surface area contributed by atoms with E-state index >= 15 is 0 Å². The van der Waals surface area contributed by atoms with Gasteiger partial charge in [0.05, 0.1) is 11.8 Å². The van der Waals surface area contributed by atoms with Gasteiger partial charge in [-0.25, -0.2) is 0 Å². The summed E-state index contributed by atoms with van der Waals surface area (Å²) in [6.45, 7) is 6.43. The molecule has 1 rings (SSSR count). The first-order valence-electron chi connectivity index (χ1n) is 7.47. The van der Waals surface area contributed by atoms with Crippen LogP contribution in [-0.2, 0) is 9.59 Å². The number of aliphatic carboxylic acids is 1. The van der Waals surface area contributed by atoms with Gasteiger partial charge in [-0.2, -0.15) is 0 Å². The van der Waals surface area contributed by atoms with Crippen LogP contribution in [0.1, 0.15) is 59.3 Å². The van der Waals surface area contributed by atoms with Crippen molar-refractivity contribution in [3.63, 3.8) is 0 Å². The Morgan fingerprint density at radius 2 is 1.75 bits per heavy atom. The van der Waals surface area contributed by atoms with Crippen LogP contribution in [0.2, 0.25) is 0 Å². The number of amides is 1. The molecule has 1 aliphatic carbocycles. The third-order valence-electron chi connectivity index (χ3n) is 4.26. The van der Waals surface area contributed by atoms with Crippen molar-refractivity contribution in [2.75, 3.05) is 13.1 Å². The van der Waals surface area contributed by atoms with E-state index in [1.54, 1.807) is 4.90 Å². The Morgan fingerprint density at radius 1 is 1.20 bits per heavy atom. The molecule has 1 aliphatic rings. The van der Waals surface area contributed by atoms with Crippen molar-refractivity contribution in [3.05, 3.63) is 0 Å². The fourth-order valence-corrected chi connectivity index (χ4v) is 2.97. The number of carbonyl (C=O) groups is 2. The van der Waals surface area contributed by atoms with Crippen molar-refractivity contribution in [2.24, 2.45) is 11.1 Å². The van der Waals surface area contributed by atoms with Crippen LogP contribution in [-0.4, -0.2) is 40.5 Å². The molecule has 116 valence electrons. The summed E-state index contributed by atoms with van der Waals surface area (Å²) in [7, 11) is 0. The SMILES string of the molecule is CC(C)(C)N(CCC(=O)O)C(=O)C1(CN)CCCCC1. The summed E-state index contributed by atoms with van der Waals surface area (Å²) in [5.74, 6) is -0.842. The van der Waals surface area contributed by atoms with Crippen LogP contribution >= 0.6 is 0 Å². The normalized spacial score (nSPS) is 18.6. The maximum absolute atomic E-state index is 13.0. The van der Waals surface area contributed by atoms with Crippen molar-refractivity contribution in [2.45, 2.75) is 64.8 Å². The zero-order valence-electron chi connectivity index (χ0n) is 12.9. The van der Waals surface area contributed by atoms with Gasteiger partial charge in [0, 0.05) is 18.6 Å². The molecule has 0 aliphatic heterocycles. The summed E-state index contributed by atoms with van der Waals surface area (Å²) in [6.07, 6.45) is 4.83. The molecule has 0 bridgehead atoms. The maximum Gasteiger partial charge on any atom is 0.305 e. The van der Waals surface area contributed by atoms with E-state index in [9.17, 15) is 9.59 Å². The number of rotatable bonds is 5. The highest BCUT2D eigenvalue weighted by Gasteiger charge is 2.43. The molecule has 0 atom stereocenters. The van der Waals surface area contributed by atoms with Gasteiger partial charge in [0.1, 0.15) is 0 Å². The zero-order valence-corrected chi connectivity index (χ0v) is 12.9. The number of nitrogens with two attached hydrogens (primary N) is 1. The molecule has 0 heterocycles. The molecule has 0 spiro atoms. The minimum Gasteiger partial charge on any atom is -0.481 e. The van der Waals surface area contributed by atoms with Crippen LogP contribution in [0.3, 0.4) is 0 Å². The summed E-state index contributed by atoms with van der Waals surface area (Å²) in [5, 5.41) is 8.88. The summed E-state index contributed by atoms with van der Waals surface area (Å²) in [6, 6.07) is 0. The van der Waals surface area contributed by atoms with Gasteiger partial charge >= 0.3 is 5.97 Å². The molecule has 5 heteroatoms. The van der Waals surface area contributed by atoms with Crippen LogP contribution in [0.15, 0.2) is 0 Å². The molecule has 0 saturated heterocycles. The van der Waals surface area contributed by atoms with Gasteiger partial charge in [-0.1, -0.05) is 19.3 Å². The van der Waals surface area contributed by atoms with Crippen molar-refractivity contribution in [1.29, 1.82) is 0 Å². The number of carboxylic acid groups (broad SMARTS) is 1. The molecule has 1 amide bonds. The quantitative estimate of drug-likeness (QED) is 0.808. The van der Waals surface area contributed by atoms with Crippen LogP contribution in [0.5, 0.6) is 0 Å². The molecule has 20 heavy (non-hydrogen) atoms. The molecule has 3 N–H and O–H groups in total. The minimum absolute atomic E-state index is 0.0241. The Bertz CT molecular complexity index is 355. The van der Waals surface area contributed by atoms with Gasteiger partial charge in [-0.3, -0.25) is 9.59 Å². The van der Waals surface area contributed by atoms with E-state index in [1.165, 1.54) is 0 Å². The number of hydrogen-bond donors (Lipinski definition) is 2. The molecule has 0 radical (unpaired) electrons. The van der Waals surface area contributed by atoms with Gasteiger partial charge in [0.25, 0.3) is 0 Å². The third-order valence-corrected chi connectivity index (χ3v) is 4.26. The van der Waals surface area contributed by atoms with Crippen molar-refractivity contribution in [1.82, 2.24) is 4.90 Å². The third kappa shape index (κ3) is 3.95. The molecule has 0 aromatic heterocycles. The van der Waals surface area contributed by atoms with Crippen LogP contribution < -0.4 is 5.73 Å². The molecular formula is C15H28N2O3. The van der Waals surface area contributed by atoms with E-state index in [1.807, 2.05) is 20.8 Å². The fraction of sp³-hybridized carbons (Fsp3) is 0.867. The van der Waals surface area contributed by atoms with Crippen LogP contribution in [0, 0.1) is 5.41 Å². The van der Waals surface area contributed by atoms with Crippen molar-refractivity contribution >= 4 is 11.9 Å². The Balaban J connectivity index is 2.93. The van der Waals surface area contributed by atoms with Crippen molar-refractivity contribution in [3.8, 4) is 0 Å². The molecule has 1 fully saturated rings. The predicted molar refractivity (Wildman–Crippen MR) is 78.3 cm³/mol. The highest BCUT2D eigenvalue weighted by Crippen LogP contribution is 2.38. The van der Waals surface area contributed by atoms with Gasteiger partial charge in [0.2, 0.25) is 5.91 Å². The first-order valence-corrected chi connectivity index (χ1v) is 7.47. The van der Waals surface area contributed by atoms with Gasteiger partial charge < -0.3 is 15.7 Å². The van der Waals surface area contributed by atoms with Gasteiger partial charge in [-0.15, -0.1) is 0 Å². The lowest BCUT2D eigenvalue weighted by Crippen LogP contribution is -2.55. The lowest BCUT2D eigenvalue weighted by Gasteiger charge is -2.44. The average Bonchev–Trinajstić information content (AvgIpc) is 2.37. The first kappa shape index (κ1) is 17.0. The van der Waals surface area contributed by atoms with E-state index < -0.39 is 11.4 Å². The molecule has 5 nitrogen and oxygen atoms in total. The summed E-state index contributed by atoms with van der Waals surface area (Å²) in [5.41, 5.74) is 5.05. The highest BCUT2D eigenvalue weighted by atomic mass is 16.4. The average molecular weight is 284 g/mol. The number of carboxylic acids is 1. The second kappa shape index (κ2) is 6.57. The molecule has 0 unspecified atom stereocenters. The molecule has 0 aromatic rings. The van der Waals surface area contributed by atoms with Crippen molar-refractivity contribution < 1.29 is 14.7 Å².